The average molecular weight is 309 g/mol. The minimum absolute atomic E-state index is 0.423. The quantitative estimate of drug-likeness (QED) is 0.815. The number of aromatic nitrogens is 1. The van der Waals surface area contributed by atoms with Gasteiger partial charge in [-0.15, -0.1) is 0 Å². The normalized spacial score (nSPS) is 18.3. The van der Waals surface area contributed by atoms with Crippen LogP contribution >= 0.6 is 0 Å². The maximum absolute atomic E-state index is 11.7. The predicted molar refractivity (Wildman–Crippen MR) is 82.1 cm³/mol. The van der Waals surface area contributed by atoms with Gasteiger partial charge in [0.2, 0.25) is 5.43 Å². The van der Waals surface area contributed by atoms with Crippen molar-refractivity contribution in [2.24, 2.45) is 0 Å². The van der Waals surface area contributed by atoms with E-state index in [4.69, 9.17) is 0 Å². The fourth-order valence-electron chi connectivity index (χ4n) is 2.68. The molecule has 1 atom stereocenters. The van der Waals surface area contributed by atoms with Crippen LogP contribution in [-0.4, -0.2) is 63.3 Å². The molecule has 0 spiro atoms. The van der Waals surface area contributed by atoms with Crippen LogP contribution in [0.3, 0.4) is 0 Å². The van der Waals surface area contributed by atoms with E-state index in [1.807, 2.05) is 0 Å². The van der Waals surface area contributed by atoms with Crippen molar-refractivity contribution in [2.75, 3.05) is 32.7 Å². The molecule has 1 aromatic heterocycles. The summed E-state index contributed by atoms with van der Waals surface area (Å²) in [5.74, 6) is -1.42. The maximum Gasteiger partial charge on any atom is 0.326 e. The van der Waals surface area contributed by atoms with Gasteiger partial charge in [-0.2, -0.15) is 0 Å². The van der Waals surface area contributed by atoms with Gasteiger partial charge in [-0.1, -0.05) is 6.92 Å². The first-order valence-corrected chi connectivity index (χ1v) is 7.54. The van der Waals surface area contributed by atoms with E-state index in [1.54, 1.807) is 0 Å². The summed E-state index contributed by atoms with van der Waals surface area (Å²) in [7, 11) is 0. The van der Waals surface area contributed by atoms with Crippen LogP contribution in [0.4, 0.5) is 0 Å². The fraction of sp³-hybridized carbons (Fsp3) is 0.600. The van der Waals surface area contributed by atoms with Gasteiger partial charge in [0.1, 0.15) is 6.04 Å². The number of aliphatic carboxylic acids is 1. The highest BCUT2D eigenvalue weighted by Crippen LogP contribution is 2.16. The largest absolute Gasteiger partial charge is 0.503 e. The van der Waals surface area contributed by atoms with E-state index in [0.717, 1.165) is 32.7 Å². The molecule has 0 amide bonds. The van der Waals surface area contributed by atoms with Gasteiger partial charge in [0.15, 0.2) is 5.75 Å². The lowest BCUT2D eigenvalue weighted by molar-refractivity contribution is -0.140. The van der Waals surface area contributed by atoms with E-state index in [-0.39, 0.29) is 0 Å². The van der Waals surface area contributed by atoms with E-state index < -0.39 is 23.2 Å². The number of carboxylic acids is 1. The molecule has 0 saturated carbocycles. The van der Waals surface area contributed by atoms with Gasteiger partial charge in [0.25, 0.3) is 0 Å². The van der Waals surface area contributed by atoms with Crippen molar-refractivity contribution in [1.29, 1.82) is 0 Å². The minimum atomic E-state index is -1.000. The molecule has 22 heavy (non-hydrogen) atoms. The van der Waals surface area contributed by atoms with Gasteiger partial charge in [0.05, 0.1) is 6.20 Å². The average Bonchev–Trinajstić information content (AvgIpc) is 2.50. The third kappa shape index (κ3) is 3.66. The Morgan fingerprint density at radius 2 is 1.86 bits per heavy atom. The lowest BCUT2D eigenvalue weighted by Crippen LogP contribution is -2.46. The molecule has 1 saturated heterocycles. The Kier molecular flexibility index (Phi) is 5.20. The van der Waals surface area contributed by atoms with Crippen LogP contribution < -0.4 is 5.43 Å². The molecule has 122 valence electrons. The van der Waals surface area contributed by atoms with Gasteiger partial charge in [-0.25, -0.2) is 4.79 Å². The topological polar surface area (TPSA) is 86.0 Å². The Morgan fingerprint density at radius 1 is 1.27 bits per heavy atom. The second kappa shape index (κ2) is 6.93. The summed E-state index contributed by atoms with van der Waals surface area (Å²) >= 11 is 0. The third-order valence-corrected chi connectivity index (χ3v) is 4.22. The summed E-state index contributed by atoms with van der Waals surface area (Å²) in [6.07, 6.45) is 1.22. The van der Waals surface area contributed by atoms with Crippen LogP contribution in [0.25, 0.3) is 0 Å². The van der Waals surface area contributed by atoms with E-state index >= 15 is 0 Å². The van der Waals surface area contributed by atoms with E-state index in [9.17, 15) is 19.8 Å². The molecule has 1 aromatic rings. The molecule has 0 aliphatic carbocycles. The number of likely N-dealkylation sites (N-methyl/N-ethyl adjacent to an activating group) is 1. The van der Waals surface area contributed by atoms with Gasteiger partial charge < -0.3 is 19.7 Å². The summed E-state index contributed by atoms with van der Waals surface area (Å²) in [6.45, 7) is 8.88. The number of aromatic hydroxyl groups is 1. The van der Waals surface area contributed by atoms with Gasteiger partial charge in [-0.3, -0.25) is 9.69 Å². The molecule has 2 heterocycles. The Labute approximate surface area is 129 Å². The van der Waals surface area contributed by atoms with E-state index in [1.165, 1.54) is 23.8 Å². The zero-order valence-corrected chi connectivity index (χ0v) is 13.0. The van der Waals surface area contributed by atoms with Gasteiger partial charge >= 0.3 is 5.97 Å². The second-order valence-corrected chi connectivity index (χ2v) is 5.65. The molecule has 0 aromatic carbocycles. The predicted octanol–water partition coefficient (Wildman–Crippen LogP) is 0.337. The molecule has 1 aliphatic rings. The molecule has 2 N–H and O–H groups in total. The number of nitrogens with zero attached hydrogens (tertiary/aromatic N) is 3. The first-order chi connectivity index (χ1) is 10.4. The summed E-state index contributed by atoms with van der Waals surface area (Å²) in [4.78, 5) is 27.5. The first kappa shape index (κ1) is 16.5. The summed E-state index contributed by atoms with van der Waals surface area (Å²) in [5.41, 5.74) is 0.138. The van der Waals surface area contributed by atoms with Crippen LogP contribution in [0.2, 0.25) is 0 Å². The number of rotatable bonds is 5. The van der Waals surface area contributed by atoms with Crippen LogP contribution in [0.1, 0.15) is 25.6 Å². The highest BCUT2D eigenvalue weighted by molar-refractivity contribution is 5.71. The number of hydrogen-bond acceptors (Lipinski definition) is 5. The minimum Gasteiger partial charge on any atom is -0.503 e. The number of hydrogen-bond donors (Lipinski definition) is 2. The van der Waals surface area contributed by atoms with Gasteiger partial charge in [0, 0.05) is 44.5 Å². The first-order valence-electron chi connectivity index (χ1n) is 7.54. The smallest absolute Gasteiger partial charge is 0.326 e. The molecular weight excluding hydrogens is 286 g/mol. The molecule has 2 rings (SSSR count). The van der Waals surface area contributed by atoms with Crippen LogP contribution in [0.5, 0.6) is 5.75 Å². The number of carboxylic acid groups (broad SMARTS) is 1. The zero-order chi connectivity index (χ0) is 16.3. The summed E-state index contributed by atoms with van der Waals surface area (Å²) < 4.78 is 1.46. The number of pyridine rings is 1. The van der Waals surface area contributed by atoms with Gasteiger partial charge in [-0.05, 0) is 13.5 Å². The Morgan fingerprint density at radius 3 is 2.41 bits per heavy atom. The molecule has 1 fully saturated rings. The highest BCUT2D eigenvalue weighted by atomic mass is 16.4. The molecule has 0 bridgehead atoms. The standard InChI is InChI=1S/C15H23N3O4/c1-3-16-4-6-17(7-5-16)9-12-8-13(19)14(20)10-18(12)11(2)15(21)22/h8,10-11,20H,3-7,9H2,1-2H3,(H,21,22). The molecule has 1 aliphatic heterocycles. The van der Waals surface area contributed by atoms with Crippen LogP contribution in [-0.2, 0) is 11.3 Å². The third-order valence-electron chi connectivity index (χ3n) is 4.22. The maximum atomic E-state index is 11.7. The lowest BCUT2D eigenvalue weighted by atomic mass is 10.2. The van der Waals surface area contributed by atoms with Crippen molar-refractivity contribution in [1.82, 2.24) is 14.4 Å². The fourth-order valence-corrected chi connectivity index (χ4v) is 2.68. The molecule has 0 radical (unpaired) electrons. The molecule has 7 heteroatoms. The van der Waals surface area contributed by atoms with Crippen molar-refractivity contribution in [3.05, 3.63) is 28.2 Å². The Balaban J connectivity index is 2.21. The monoisotopic (exact) mass is 309 g/mol. The SMILES string of the molecule is CCN1CCN(Cc2cc(=O)c(O)cn2C(C)C(=O)O)CC1. The molecular formula is C15H23N3O4. The lowest BCUT2D eigenvalue weighted by Gasteiger charge is -2.34. The molecule has 1 unspecified atom stereocenters. The van der Waals surface area contributed by atoms with Crippen LogP contribution in [0, 0.1) is 0 Å². The van der Waals surface area contributed by atoms with E-state index in [2.05, 4.69) is 16.7 Å². The van der Waals surface area contributed by atoms with Crippen LogP contribution in [0.15, 0.2) is 17.1 Å². The number of carbonyl (C=O) groups is 1. The molecule has 7 nitrogen and oxygen atoms in total. The van der Waals surface area contributed by atoms with Crippen molar-refractivity contribution in [2.45, 2.75) is 26.4 Å². The second-order valence-electron chi connectivity index (χ2n) is 5.65. The van der Waals surface area contributed by atoms with Crippen molar-refractivity contribution in [3.63, 3.8) is 0 Å². The van der Waals surface area contributed by atoms with E-state index in [0.29, 0.717) is 12.2 Å². The Hall–Kier alpha value is -1.86. The zero-order valence-electron chi connectivity index (χ0n) is 13.0. The van der Waals surface area contributed by atoms with Crippen molar-refractivity contribution in [3.8, 4) is 5.75 Å². The van der Waals surface area contributed by atoms with Crippen molar-refractivity contribution >= 4 is 5.97 Å². The highest BCUT2D eigenvalue weighted by Gasteiger charge is 2.21. The van der Waals surface area contributed by atoms with Crippen molar-refractivity contribution < 1.29 is 15.0 Å². The summed E-state index contributed by atoms with van der Waals surface area (Å²) in [6, 6.07) is 0.500. The Bertz CT molecular complexity index is 591. The summed E-state index contributed by atoms with van der Waals surface area (Å²) in [5, 5.41) is 18.8. The number of piperazine rings is 1.